The molecule has 1 heterocycles. The molecule has 0 radical (unpaired) electrons. The van der Waals surface area contributed by atoms with E-state index in [4.69, 9.17) is 4.74 Å². The number of carbonyl (C=O) groups is 1. The van der Waals surface area contributed by atoms with Crippen molar-refractivity contribution < 1.29 is 9.53 Å². The summed E-state index contributed by atoms with van der Waals surface area (Å²) in [6, 6.07) is 0. The largest absolute Gasteiger partial charge is 0.366 e. The van der Waals surface area contributed by atoms with Gasteiger partial charge in [-0.1, -0.05) is 30.2 Å². The summed E-state index contributed by atoms with van der Waals surface area (Å²) < 4.78 is 6.46. The molecule has 6 rings (SSSR count). The van der Waals surface area contributed by atoms with E-state index < -0.39 is 0 Å². The minimum atomic E-state index is 0.0739. The van der Waals surface area contributed by atoms with Gasteiger partial charge in [0.25, 0.3) is 0 Å². The Labute approximate surface area is 144 Å². The highest BCUT2D eigenvalue weighted by atomic mass is 16.5. The van der Waals surface area contributed by atoms with Gasteiger partial charge in [-0.2, -0.15) is 0 Å². The minimum Gasteiger partial charge on any atom is -0.366 e. The van der Waals surface area contributed by atoms with E-state index in [0.717, 1.165) is 55.5 Å². The summed E-state index contributed by atoms with van der Waals surface area (Å²) in [5, 5.41) is 0. The van der Waals surface area contributed by atoms with Crippen molar-refractivity contribution in [2.45, 2.75) is 63.9 Å². The summed E-state index contributed by atoms with van der Waals surface area (Å²) in [5.74, 6) is 4.71. The number of carbonyl (C=O) groups excluding carboxylic acids is 1. The molecule has 6 aliphatic rings. The number of ether oxygens (including phenoxy) is 1. The zero-order valence-corrected chi connectivity index (χ0v) is 14.7. The maximum Gasteiger partial charge on any atom is 0.137 e. The molecule has 3 unspecified atom stereocenters. The molecular formula is C22H28O2. The Bertz CT molecular complexity index is 688. The Morgan fingerprint density at radius 2 is 2.08 bits per heavy atom. The van der Waals surface area contributed by atoms with Crippen molar-refractivity contribution >= 4 is 5.78 Å². The molecule has 0 N–H and O–H groups in total. The lowest BCUT2D eigenvalue weighted by Gasteiger charge is -2.55. The van der Waals surface area contributed by atoms with Gasteiger partial charge in [-0.25, -0.2) is 0 Å². The number of hydrogen-bond acceptors (Lipinski definition) is 2. The Balaban J connectivity index is 1.40. The number of rotatable bonds is 0. The van der Waals surface area contributed by atoms with Gasteiger partial charge in [-0.15, -0.1) is 0 Å². The van der Waals surface area contributed by atoms with Crippen molar-refractivity contribution in [3.8, 4) is 0 Å². The SMILES string of the molecule is C[C@]12CCC3C4=C(CCC3C1[C@@H]1C[C@@H]1[C@@]21C=CCO1)CC(=O)CC4. The summed E-state index contributed by atoms with van der Waals surface area (Å²) >= 11 is 0. The van der Waals surface area contributed by atoms with E-state index in [-0.39, 0.29) is 5.60 Å². The van der Waals surface area contributed by atoms with Crippen molar-refractivity contribution in [3.05, 3.63) is 23.3 Å². The van der Waals surface area contributed by atoms with Gasteiger partial charge in [-0.3, -0.25) is 4.79 Å². The molecule has 24 heavy (non-hydrogen) atoms. The van der Waals surface area contributed by atoms with E-state index >= 15 is 0 Å². The maximum atomic E-state index is 11.9. The second kappa shape index (κ2) is 4.44. The van der Waals surface area contributed by atoms with Crippen LogP contribution in [0, 0.1) is 35.0 Å². The maximum absolute atomic E-state index is 11.9. The molecular weight excluding hydrogens is 296 g/mol. The first-order valence-corrected chi connectivity index (χ1v) is 10.2. The predicted molar refractivity (Wildman–Crippen MR) is 92.3 cm³/mol. The van der Waals surface area contributed by atoms with Crippen LogP contribution in [0.5, 0.6) is 0 Å². The molecule has 0 aromatic carbocycles. The minimum absolute atomic E-state index is 0.0739. The molecule has 7 atom stereocenters. The van der Waals surface area contributed by atoms with E-state index in [2.05, 4.69) is 19.1 Å². The van der Waals surface area contributed by atoms with E-state index in [1.807, 2.05) is 0 Å². The van der Waals surface area contributed by atoms with Crippen LogP contribution >= 0.6 is 0 Å². The highest BCUT2D eigenvalue weighted by molar-refractivity contribution is 5.82. The summed E-state index contributed by atoms with van der Waals surface area (Å²) in [5.41, 5.74) is 3.71. The van der Waals surface area contributed by atoms with Crippen LogP contribution < -0.4 is 0 Å². The van der Waals surface area contributed by atoms with E-state index in [9.17, 15) is 4.79 Å². The average molecular weight is 324 g/mol. The highest BCUT2D eigenvalue weighted by Crippen LogP contribution is 2.77. The lowest BCUT2D eigenvalue weighted by atomic mass is 9.50. The third kappa shape index (κ3) is 1.51. The second-order valence-corrected chi connectivity index (χ2v) is 9.65. The number of hydrogen-bond donors (Lipinski definition) is 0. The van der Waals surface area contributed by atoms with Gasteiger partial charge in [0.15, 0.2) is 0 Å². The smallest absolute Gasteiger partial charge is 0.137 e. The fourth-order valence-corrected chi connectivity index (χ4v) is 8.12. The summed E-state index contributed by atoms with van der Waals surface area (Å²) in [6.45, 7) is 3.39. The Hall–Kier alpha value is -0.890. The van der Waals surface area contributed by atoms with E-state index in [1.54, 1.807) is 11.1 Å². The standard InChI is InChI=1S/C22H28O2/c1-21-9-7-16-15-6-4-14(23)11-13(15)3-5-17(16)20(21)18-12-19(18)22(21)8-2-10-24-22/h2,8,16-20H,3-7,9-12H2,1H3/t16?,17?,18-,19+,20?,21+,22+/m1/s1. The Kier molecular flexibility index (Phi) is 2.64. The zero-order chi connectivity index (χ0) is 16.1. The predicted octanol–water partition coefficient (Wildman–Crippen LogP) is 4.45. The molecule has 0 amide bonds. The molecule has 2 nitrogen and oxygen atoms in total. The monoisotopic (exact) mass is 324 g/mol. The summed E-state index contributed by atoms with van der Waals surface area (Å²) in [6.07, 6.45) is 14.0. The van der Waals surface area contributed by atoms with Crippen molar-refractivity contribution in [1.29, 1.82) is 0 Å². The molecule has 128 valence electrons. The fourth-order valence-electron chi connectivity index (χ4n) is 8.12. The van der Waals surface area contributed by atoms with Crippen LogP contribution in [0.4, 0.5) is 0 Å². The average Bonchev–Trinajstić information content (AvgIpc) is 3.13. The van der Waals surface area contributed by atoms with Crippen LogP contribution in [0.15, 0.2) is 23.3 Å². The van der Waals surface area contributed by atoms with Gasteiger partial charge >= 0.3 is 0 Å². The molecule has 1 aliphatic heterocycles. The van der Waals surface area contributed by atoms with E-state index in [0.29, 0.717) is 11.2 Å². The van der Waals surface area contributed by atoms with Gasteiger partial charge in [0.05, 0.1) is 12.2 Å². The quantitative estimate of drug-likeness (QED) is 0.615. The third-order valence-corrected chi connectivity index (χ3v) is 8.98. The van der Waals surface area contributed by atoms with Crippen LogP contribution in [-0.4, -0.2) is 18.0 Å². The first-order valence-electron chi connectivity index (χ1n) is 10.2. The third-order valence-electron chi connectivity index (χ3n) is 8.98. The van der Waals surface area contributed by atoms with Crippen molar-refractivity contribution in [1.82, 2.24) is 0 Å². The number of ketones is 1. The lowest BCUT2D eigenvalue weighted by Crippen LogP contribution is -2.53. The molecule has 0 aromatic heterocycles. The Morgan fingerprint density at radius 1 is 1.17 bits per heavy atom. The first kappa shape index (κ1) is 14.3. The van der Waals surface area contributed by atoms with Crippen LogP contribution in [0.2, 0.25) is 0 Å². The molecule has 3 fully saturated rings. The van der Waals surface area contributed by atoms with Crippen LogP contribution in [-0.2, 0) is 9.53 Å². The number of allylic oxidation sites excluding steroid dienone is 2. The first-order chi connectivity index (χ1) is 11.6. The molecule has 3 saturated carbocycles. The van der Waals surface area contributed by atoms with Gasteiger partial charge in [0.1, 0.15) is 5.78 Å². The van der Waals surface area contributed by atoms with Gasteiger partial charge in [0.2, 0.25) is 0 Å². The molecule has 1 spiro atoms. The molecule has 0 saturated heterocycles. The molecule has 5 aliphatic carbocycles. The number of Topliss-reactive ketones (excluding diaryl/α,β-unsaturated/α-hetero) is 1. The second-order valence-electron chi connectivity index (χ2n) is 9.65. The van der Waals surface area contributed by atoms with Gasteiger partial charge in [-0.05, 0) is 68.1 Å². The van der Waals surface area contributed by atoms with Crippen LogP contribution in [0.25, 0.3) is 0 Å². The Morgan fingerprint density at radius 3 is 2.92 bits per heavy atom. The summed E-state index contributed by atoms with van der Waals surface area (Å²) in [4.78, 5) is 11.9. The van der Waals surface area contributed by atoms with Crippen molar-refractivity contribution in [2.75, 3.05) is 6.61 Å². The zero-order valence-electron chi connectivity index (χ0n) is 14.7. The molecule has 2 heteroatoms. The van der Waals surface area contributed by atoms with Crippen molar-refractivity contribution in [2.24, 2.45) is 35.0 Å². The molecule has 0 bridgehead atoms. The summed E-state index contributed by atoms with van der Waals surface area (Å²) in [7, 11) is 0. The fraction of sp³-hybridized carbons (Fsp3) is 0.773. The molecule has 0 aromatic rings. The van der Waals surface area contributed by atoms with Gasteiger partial charge in [0, 0.05) is 18.3 Å². The number of fused-ring (bicyclic) bond motifs is 8. The van der Waals surface area contributed by atoms with Crippen LogP contribution in [0.1, 0.15) is 58.3 Å². The highest BCUT2D eigenvalue weighted by Gasteiger charge is 2.76. The van der Waals surface area contributed by atoms with E-state index in [1.165, 1.54) is 32.1 Å². The lowest BCUT2D eigenvalue weighted by molar-refractivity contribution is -0.123. The van der Waals surface area contributed by atoms with Gasteiger partial charge < -0.3 is 4.74 Å². The van der Waals surface area contributed by atoms with Crippen LogP contribution in [0.3, 0.4) is 0 Å². The van der Waals surface area contributed by atoms with Crippen molar-refractivity contribution in [3.63, 3.8) is 0 Å². The topological polar surface area (TPSA) is 26.3 Å². The normalized spacial score (nSPS) is 54.5.